The van der Waals surface area contributed by atoms with Crippen molar-refractivity contribution < 1.29 is 19.4 Å². The van der Waals surface area contributed by atoms with Gasteiger partial charge in [-0.15, -0.1) is 11.3 Å². The first-order valence-electron chi connectivity index (χ1n) is 6.56. The number of amides is 1. The summed E-state index contributed by atoms with van der Waals surface area (Å²) in [7, 11) is 1.51. The zero-order chi connectivity index (χ0) is 15.3. The molecule has 0 radical (unpaired) electrons. The molecule has 2 N–H and O–H groups in total. The zero-order valence-electron chi connectivity index (χ0n) is 12.3. The number of carbonyl (C=O) groups excluding carboxylic acids is 1. The van der Waals surface area contributed by atoms with Crippen LogP contribution in [0.15, 0.2) is 6.07 Å². The highest BCUT2D eigenvalue weighted by molar-refractivity contribution is 7.14. The number of carboxylic acid groups (broad SMARTS) is 1. The SMILES string of the molecule is CCC(CC)(CNC(=O)c1sc(C)cc1OC)C(=O)O. The van der Waals surface area contributed by atoms with Gasteiger partial charge in [0.05, 0.1) is 12.5 Å². The van der Waals surface area contributed by atoms with E-state index in [0.29, 0.717) is 23.5 Å². The van der Waals surface area contributed by atoms with Crippen molar-refractivity contribution in [1.82, 2.24) is 5.32 Å². The summed E-state index contributed by atoms with van der Waals surface area (Å²) >= 11 is 1.34. The molecule has 0 bridgehead atoms. The van der Waals surface area contributed by atoms with Crippen LogP contribution in [0.25, 0.3) is 0 Å². The highest BCUT2D eigenvalue weighted by Gasteiger charge is 2.35. The third-order valence-corrected chi connectivity index (χ3v) is 4.67. The predicted octanol–water partition coefficient (Wildman–Crippen LogP) is 2.69. The average Bonchev–Trinajstić information content (AvgIpc) is 2.81. The molecule has 112 valence electrons. The van der Waals surface area contributed by atoms with Crippen LogP contribution < -0.4 is 10.1 Å². The van der Waals surface area contributed by atoms with Crippen molar-refractivity contribution in [2.24, 2.45) is 5.41 Å². The van der Waals surface area contributed by atoms with E-state index in [1.165, 1.54) is 18.4 Å². The maximum absolute atomic E-state index is 12.2. The molecule has 0 aromatic carbocycles. The first-order chi connectivity index (χ1) is 9.40. The summed E-state index contributed by atoms with van der Waals surface area (Å²) in [6.07, 6.45) is 0.944. The maximum atomic E-state index is 12.2. The Morgan fingerprint density at radius 3 is 2.45 bits per heavy atom. The van der Waals surface area contributed by atoms with Gasteiger partial charge in [0, 0.05) is 11.4 Å². The second kappa shape index (κ2) is 6.74. The number of ether oxygens (including phenoxy) is 1. The highest BCUT2D eigenvalue weighted by Crippen LogP contribution is 2.30. The molecule has 0 saturated heterocycles. The molecule has 1 heterocycles. The number of nitrogens with one attached hydrogen (secondary N) is 1. The molecule has 1 aromatic heterocycles. The zero-order valence-corrected chi connectivity index (χ0v) is 13.1. The lowest BCUT2D eigenvalue weighted by molar-refractivity contribution is -0.149. The number of thiophene rings is 1. The Morgan fingerprint density at radius 1 is 1.40 bits per heavy atom. The molecule has 6 heteroatoms. The van der Waals surface area contributed by atoms with Gasteiger partial charge in [0.25, 0.3) is 5.91 Å². The van der Waals surface area contributed by atoms with E-state index in [9.17, 15) is 14.7 Å². The normalized spacial score (nSPS) is 11.2. The lowest BCUT2D eigenvalue weighted by atomic mass is 9.82. The van der Waals surface area contributed by atoms with E-state index in [1.807, 2.05) is 20.8 Å². The highest BCUT2D eigenvalue weighted by atomic mass is 32.1. The van der Waals surface area contributed by atoms with Gasteiger partial charge in [-0.3, -0.25) is 9.59 Å². The third-order valence-electron chi connectivity index (χ3n) is 3.64. The Morgan fingerprint density at radius 2 is 2.00 bits per heavy atom. The van der Waals surface area contributed by atoms with Gasteiger partial charge in [0.1, 0.15) is 10.6 Å². The largest absolute Gasteiger partial charge is 0.495 e. The summed E-state index contributed by atoms with van der Waals surface area (Å²) in [6, 6.07) is 1.80. The number of hydrogen-bond donors (Lipinski definition) is 2. The maximum Gasteiger partial charge on any atom is 0.311 e. The molecule has 1 rings (SSSR count). The Bertz CT molecular complexity index is 491. The number of carbonyl (C=O) groups is 2. The summed E-state index contributed by atoms with van der Waals surface area (Å²) in [6.45, 7) is 5.65. The van der Waals surface area contributed by atoms with Gasteiger partial charge < -0.3 is 15.2 Å². The molecule has 20 heavy (non-hydrogen) atoms. The minimum Gasteiger partial charge on any atom is -0.495 e. The number of hydrogen-bond acceptors (Lipinski definition) is 4. The van der Waals surface area contributed by atoms with Crippen LogP contribution in [0.3, 0.4) is 0 Å². The van der Waals surface area contributed by atoms with Crippen LogP contribution in [0, 0.1) is 12.3 Å². The third kappa shape index (κ3) is 3.30. The molecule has 0 spiro atoms. The van der Waals surface area contributed by atoms with Crippen molar-refractivity contribution in [3.8, 4) is 5.75 Å². The average molecular weight is 299 g/mol. The number of rotatable bonds is 7. The first kappa shape index (κ1) is 16.5. The van der Waals surface area contributed by atoms with Crippen LogP contribution in [0.5, 0.6) is 5.75 Å². The molecular formula is C14H21NO4S. The van der Waals surface area contributed by atoms with E-state index in [1.54, 1.807) is 6.07 Å². The van der Waals surface area contributed by atoms with Gasteiger partial charge in [0.2, 0.25) is 0 Å². The van der Waals surface area contributed by atoms with Crippen LogP contribution in [-0.2, 0) is 4.79 Å². The van der Waals surface area contributed by atoms with E-state index in [-0.39, 0.29) is 12.5 Å². The molecule has 0 saturated carbocycles. The predicted molar refractivity (Wildman–Crippen MR) is 78.6 cm³/mol. The molecule has 1 aromatic rings. The Balaban J connectivity index is 2.83. The smallest absolute Gasteiger partial charge is 0.311 e. The van der Waals surface area contributed by atoms with E-state index < -0.39 is 11.4 Å². The van der Waals surface area contributed by atoms with Crippen LogP contribution in [-0.4, -0.2) is 30.6 Å². The van der Waals surface area contributed by atoms with Gasteiger partial charge in [-0.2, -0.15) is 0 Å². The molecule has 0 aliphatic carbocycles. The van der Waals surface area contributed by atoms with Crippen molar-refractivity contribution in [3.63, 3.8) is 0 Å². The second-order valence-electron chi connectivity index (χ2n) is 4.73. The molecule has 0 aliphatic rings. The quantitative estimate of drug-likeness (QED) is 0.811. The van der Waals surface area contributed by atoms with E-state index >= 15 is 0 Å². The monoisotopic (exact) mass is 299 g/mol. The van der Waals surface area contributed by atoms with Gasteiger partial charge in [-0.1, -0.05) is 13.8 Å². The molecule has 0 unspecified atom stereocenters. The van der Waals surface area contributed by atoms with Crippen molar-refractivity contribution in [2.45, 2.75) is 33.6 Å². The number of methoxy groups -OCH3 is 1. The van der Waals surface area contributed by atoms with E-state index in [0.717, 1.165) is 4.88 Å². The van der Waals surface area contributed by atoms with Gasteiger partial charge in [-0.25, -0.2) is 0 Å². The van der Waals surface area contributed by atoms with Gasteiger partial charge >= 0.3 is 5.97 Å². The Kier molecular flexibility index (Phi) is 5.56. The standard InChI is InChI=1S/C14H21NO4S/c1-5-14(6-2,13(17)18)8-15-12(16)11-10(19-4)7-9(3)20-11/h7H,5-6,8H2,1-4H3,(H,15,16)(H,17,18). The fourth-order valence-electron chi connectivity index (χ4n) is 2.01. The lowest BCUT2D eigenvalue weighted by Gasteiger charge is -2.26. The van der Waals surface area contributed by atoms with Gasteiger partial charge in [-0.05, 0) is 25.8 Å². The van der Waals surface area contributed by atoms with Crippen LogP contribution in [0.2, 0.25) is 0 Å². The molecule has 5 nitrogen and oxygen atoms in total. The first-order valence-corrected chi connectivity index (χ1v) is 7.37. The Hall–Kier alpha value is -1.56. The van der Waals surface area contributed by atoms with Crippen molar-refractivity contribution in [2.75, 3.05) is 13.7 Å². The Labute approximate surface area is 123 Å². The minimum atomic E-state index is -0.908. The summed E-state index contributed by atoms with van der Waals surface area (Å²) < 4.78 is 5.15. The number of aliphatic carboxylic acids is 1. The number of aryl methyl sites for hydroxylation is 1. The van der Waals surface area contributed by atoms with Crippen molar-refractivity contribution >= 4 is 23.2 Å². The van der Waals surface area contributed by atoms with E-state index in [2.05, 4.69) is 5.32 Å². The van der Waals surface area contributed by atoms with Gasteiger partial charge in [0.15, 0.2) is 0 Å². The number of carboxylic acids is 1. The van der Waals surface area contributed by atoms with Crippen molar-refractivity contribution in [1.29, 1.82) is 0 Å². The molecule has 0 atom stereocenters. The summed E-state index contributed by atoms with van der Waals surface area (Å²) in [5, 5.41) is 12.1. The van der Waals surface area contributed by atoms with Crippen molar-refractivity contribution in [3.05, 3.63) is 15.8 Å². The summed E-state index contributed by atoms with van der Waals surface area (Å²) in [5.41, 5.74) is -0.908. The lowest BCUT2D eigenvalue weighted by Crippen LogP contribution is -2.42. The van der Waals surface area contributed by atoms with Crippen LogP contribution in [0.4, 0.5) is 0 Å². The molecule has 0 fully saturated rings. The van der Waals surface area contributed by atoms with Crippen LogP contribution in [0.1, 0.15) is 41.2 Å². The fourth-order valence-corrected chi connectivity index (χ4v) is 2.90. The van der Waals surface area contributed by atoms with Crippen LogP contribution >= 0.6 is 11.3 Å². The minimum absolute atomic E-state index is 0.119. The summed E-state index contributed by atoms with van der Waals surface area (Å²) in [4.78, 5) is 25.0. The van der Waals surface area contributed by atoms with E-state index in [4.69, 9.17) is 4.74 Å². The topological polar surface area (TPSA) is 75.6 Å². The fraction of sp³-hybridized carbons (Fsp3) is 0.571. The molecular weight excluding hydrogens is 278 g/mol. The molecule has 0 aliphatic heterocycles. The second-order valence-corrected chi connectivity index (χ2v) is 5.99. The molecule has 1 amide bonds. The summed E-state index contributed by atoms with van der Waals surface area (Å²) in [5.74, 6) is -0.636.